The van der Waals surface area contributed by atoms with Gasteiger partial charge in [-0.2, -0.15) is 0 Å². The van der Waals surface area contributed by atoms with Crippen molar-refractivity contribution in [1.29, 1.82) is 0 Å². The van der Waals surface area contributed by atoms with Crippen LogP contribution in [0.3, 0.4) is 0 Å². The van der Waals surface area contributed by atoms with Crippen LogP contribution in [-0.2, 0) is 0 Å². The molecule has 22 heavy (non-hydrogen) atoms. The van der Waals surface area contributed by atoms with Gasteiger partial charge in [0, 0.05) is 16.2 Å². The second kappa shape index (κ2) is 5.57. The zero-order chi connectivity index (χ0) is 14.9. The minimum Gasteiger partial charge on any atom is -0.454 e. The molecule has 2 aromatic rings. The second-order valence-electron chi connectivity index (χ2n) is 5.27. The molecule has 0 unspecified atom stereocenters. The van der Waals surface area contributed by atoms with Crippen molar-refractivity contribution in [1.82, 2.24) is 5.32 Å². The molecule has 2 aromatic carbocycles. The van der Waals surface area contributed by atoms with Crippen molar-refractivity contribution in [3.8, 4) is 11.5 Å². The molecule has 1 atom stereocenters. The molecule has 2 heterocycles. The van der Waals surface area contributed by atoms with E-state index in [1.54, 1.807) is 18.2 Å². The number of carbonyl (C=O) groups is 1. The molecular formula is C17H15NO3S. The van der Waals surface area contributed by atoms with E-state index in [2.05, 4.69) is 17.4 Å². The van der Waals surface area contributed by atoms with Gasteiger partial charge in [-0.1, -0.05) is 18.2 Å². The third-order valence-electron chi connectivity index (χ3n) is 3.90. The highest BCUT2D eigenvalue weighted by molar-refractivity contribution is 7.99. The van der Waals surface area contributed by atoms with Gasteiger partial charge in [0.2, 0.25) is 6.79 Å². The topological polar surface area (TPSA) is 47.6 Å². The van der Waals surface area contributed by atoms with E-state index in [0.717, 1.165) is 12.2 Å². The van der Waals surface area contributed by atoms with Crippen LogP contribution >= 0.6 is 11.8 Å². The van der Waals surface area contributed by atoms with E-state index in [1.807, 2.05) is 23.9 Å². The Hall–Kier alpha value is -2.14. The standard InChI is InChI=1S/C17H15NO3S/c19-17(11-5-6-14-15(9-11)21-10-20-14)18-13-7-8-22-16-4-2-1-3-12(13)16/h1-6,9,13H,7-8,10H2,(H,18,19)/t13-/m1/s1. The molecular weight excluding hydrogens is 298 g/mol. The molecule has 4 rings (SSSR count). The average molecular weight is 313 g/mol. The fraction of sp³-hybridized carbons (Fsp3) is 0.235. The van der Waals surface area contributed by atoms with Crippen molar-refractivity contribution in [2.45, 2.75) is 17.4 Å². The number of nitrogens with one attached hydrogen (secondary N) is 1. The Kier molecular flexibility index (Phi) is 3.42. The maximum atomic E-state index is 12.5. The fourth-order valence-corrected chi connectivity index (χ4v) is 3.90. The number of hydrogen-bond donors (Lipinski definition) is 1. The summed E-state index contributed by atoms with van der Waals surface area (Å²) in [4.78, 5) is 13.8. The summed E-state index contributed by atoms with van der Waals surface area (Å²) in [6.45, 7) is 0.216. The highest BCUT2D eigenvalue weighted by atomic mass is 32.2. The number of carbonyl (C=O) groups excluding carboxylic acids is 1. The Labute approximate surface area is 132 Å². The highest BCUT2D eigenvalue weighted by Gasteiger charge is 2.23. The minimum atomic E-state index is -0.0787. The Morgan fingerprint density at radius 1 is 1.14 bits per heavy atom. The quantitative estimate of drug-likeness (QED) is 0.923. The van der Waals surface area contributed by atoms with Crippen molar-refractivity contribution >= 4 is 17.7 Å². The molecule has 0 bridgehead atoms. The van der Waals surface area contributed by atoms with Gasteiger partial charge in [0.25, 0.3) is 5.91 Å². The van der Waals surface area contributed by atoms with Gasteiger partial charge in [-0.15, -0.1) is 11.8 Å². The zero-order valence-electron chi connectivity index (χ0n) is 11.9. The Balaban J connectivity index is 1.55. The summed E-state index contributed by atoms with van der Waals surface area (Å²) < 4.78 is 10.6. The lowest BCUT2D eigenvalue weighted by molar-refractivity contribution is 0.0934. The largest absolute Gasteiger partial charge is 0.454 e. The third-order valence-corrected chi connectivity index (χ3v) is 5.02. The lowest BCUT2D eigenvalue weighted by atomic mass is 10.0. The normalized spacial score (nSPS) is 18.6. The smallest absolute Gasteiger partial charge is 0.251 e. The maximum Gasteiger partial charge on any atom is 0.251 e. The monoisotopic (exact) mass is 313 g/mol. The predicted molar refractivity (Wildman–Crippen MR) is 84.6 cm³/mol. The molecule has 0 spiro atoms. The van der Waals surface area contributed by atoms with Crippen LogP contribution in [0.5, 0.6) is 11.5 Å². The number of fused-ring (bicyclic) bond motifs is 2. The summed E-state index contributed by atoms with van der Waals surface area (Å²) >= 11 is 1.84. The molecule has 4 nitrogen and oxygen atoms in total. The van der Waals surface area contributed by atoms with Crippen LogP contribution in [0.25, 0.3) is 0 Å². The van der Waals surface area contributed by atoms with Crippen LogP contribution in [0.15, 0.2) is 47.4 Å². The Bertz CT molecular complexity index is 732. The molecule has 0 aliphatic carbocycles. The van der Waals surface area contributed by atoms with Gasteiger partial charge in [-0.3, -0.25) is 4.79 Å². The molecule has 0 saturated carbocycles. The molecule has 0 fully saturated rings. The zero-order valence-corrected chi connectivity index (χ0v) is 12.7. The summed E-state index contributed by atoms with van der Waals surface area (Å²) in [6, 6.07) is 13.6. The number of thioether (sulfide) groups is 1. The molecule has 0 aromatic heterocycles. The van der Waals surface area contributed by atoms with E-state index < -0.39 is 0 Å². The molecule has 1 N–H and O–H groups in total. The van der Waals surface area contributed by atoms with E-state index in [-0.39, 0.29) is 18.7 Å². The van der Waals surface area contributed by atoms with Crippen LogP contribution in [0.4, 0.5) is 0 Å². The molecule has 0 radical (unpaired) electrons. The second-order valence-corrected chi connectivity index (χ2v) is 6.41. The summed E-state index contributed by atoms with van der Waals surface area (Å²) in [5.74, 6) is 2.26. The van der Waals surface area contributed by atoms with Gasteiger partial charge in [-0.05, 0) is 36.2 Å². The van der Waals surface area contributed by atoms with Gasteiger partial charge in [0.05, 0.1) is 6.04 Å². The first-order valence-corrected chi connectivity index (χ1v) is 8.22. The number of benzene rings is 2. The van der Waals surface area contributed by atoms with Crippen molar-refractivity contribution in [3.05, 3.63) is 53.6 Å². The van der Waals surface area contributed by atoms with E-state index in [9.17, 15) is 4.79 Å². The average Bonchev–Trinajstić information content (AvgIpc) is 3.02. The molecule has 1 amide bonds. The number of amides is 1. The Morgan fingerprint density at radius 2 is 2.00 bits per heavy atom. The lowest BCUT2D eigenvalue weighted by Gasteiger charge is -2.25. The van der Waals surface area contributed by atoms with Crippen molar-refractivity contribution in [2.24, 2.45) is 0 Å². The van der Waals surface area contributed by atoms with E-state index in [1.165, 1.54) is 10.5 Å². The van der Waals surface area contributed by atoms with Crippen LogP contribution < -0.4 is 14.8 Å². The summed E-state index contributed by atoms with van der Waals surface area (Å²) in [5.41, 5.74) is 1.80. The van der Waals surface area contributed by atoms with Gasteiger partial charge in [0.1, 0.15) is 0 Å². The minimum absolute atomic E-state index is 0.0652. The van der Waals surface area contributed by atoms with Gasteiger partial charge in [-0.25, -0.2) is 0 Å². The lowest BCUT2D eigenvalue weighted by Crippen LogP contribution is -2.30. The van der Waals surface area contributed by atoms with E-state index in [0.29, 0.717) is 17.1 Å². The summed E-state index contributed by atoms with van der Waals surface area (Å²) in [6.07, 6.45) is 0.942. The van der Waals surface area contributed by atoms with Gasteiger partial charge in [0.15, 0.2) is 11.5 Å². The van der Waals surface area contributed by atoms with Crippen LogP contribution in [-0.4, -0.2) is 18.5 Å². The van der Waals surface area contributed by atoms with E-state index in [4.69, 9.17) is 9.47 Å². The fourth-order valence-electron chi connectivity index (χ4n) is 2.77. The molecule has 0 saturated heterocycles. The first kappa shape index (κ1) is 13.5. The molecule has 2 aliphatic rings. The highest BCUT2D eigenvalue weighted by Crippen LogP contribution is 2.36. The number of hydrogen-bond acceptors (Lipinski definition) is 4. The van der Waals surface area contributed by atoms with Crippen molar-refractivity contribution < 1.29 is 14.3 Å². The summed E-state index contributed by atoms with van der Waals surface area (Å²) in [7, 11) is 0. The van der Waals surface area contributed by atoms with Crippen LogP contribution in [0, 0.1) is 0 Å². The number of ether oxygens (including phenoxy) is 2. The summed E-state index contributed by atoms with van der Waals surface area (Å²) in [5, 5.41) is 3.13. The van der Waals surface area contributed by atoms with Crippen LogP contribution in [0.1, 0.15) is 28.4 Å². The van der Waals surface area contributed by atoms with Crippen molar-refractivity contribution in [3.63, 3.8) is 0 Å². The first-order chi connectivity index (χ1) is 10.8. The maximum absolute atomic E-state index is 12.5. The first-order valence-electron chi connectivity index (χ1n) is 7.23. The van der Waals surface area contributed by atoms with Crippen LogP contribution in [0.2, 0.25) is 0 Å². The van der Waals surface area contributed by atoms with Crippen molar-refractivity contribution in [2.75, 3.05) is 12.5 Å². The van der Waals surface area contributed by atoms with Gasteiger partial charge < -0.3 is 14.8 Å². The van der Waals surface area contributed by atoms with Gasteiger partial charge >= 0.3 is 0 Å². The molecule has 2 aliphatic heterocycles. The Morgan fingerprint density at radius 3 is 2.95 bits per heavy atom. The third kappa shape index (κ3) is 2.41. The predicted octanol–water partition coefficient (Wildman–Crippen LogP) is 3.38. The number of rotatable bonds is 2. The van der Waals surface area contributed by atoms with E-state index >= 15 is 0 Å². The SMILES string of the molecule is O=C(N[C@@H]1CCSc2ccccc21)c1ccc2c(c1)OCO2. The molecule has 5 heteroatoms. The molecule has 112 valence electrons.